The summed E-state index contributed by atoms with van der Waals surface area (Å²) in [7, 11) is 1.93. The maximum atomic E-state index is 8.88. The topological polar surface area (TPSA) is 54.2 Å². The highest BCUT2D eigenvalue weighted by molar-refractivity contribution is 4.84. The zero-order valence-electron chi connectivity index (χ0n) is 8.85. The molecule has 0 amide bonds. The van der Waals surface area contributed by atoms with Gasteiger partial charge in [0.15, 0.2) is 0 Å². The van der Waals surface area contributed by atoms with Crippen LogP contribution in [0, 0.1) is 0 Å². The summed E-state index contributed by atoms with van der Waals surface area (Å²) in [5.74, 6) is 0.937. The number of aliphatic hydroxyl groups is 1. The average molecular weight is 198 g/mol. The number of rotatable bonds is 6. The Hall–Kier alpha value is -0.940. The van der Waals surface area contributed by atoms with Gasteiger partial charge >= 0.3 is 0 Å². The molecule has 0 unspecified atom stereocenters. The summed E-state index contributed by atoms with van der Waals surface area (Å²) in [6, 6.07) is 0. The molecule has 80 valence electrons. The lowest BCUT2D eigenvalue weighted by Gasteiger charge is -2.19. The third kappa shape index (κ3) is 3.08. The summed E-state index contributed by atoms with van der Waals surface area (Å²) in [5, 5.41) is 16.7. The van der Waals surface area contributed by atoms with E-state index < -0.39 is 0 Å². The SMILES string of the molecule is CCCN(CCO)Cc1nncn1C. The average Bonchev–Trinajstić information content (AvgIpc) is 2.53. The van der Waals surface area contributed by atoms with Crippen LogP contribution in [0.25, 0.3) is 0 Å². The predicted octanol–water partition coefficient (Wildman–Crippen LogP) is 0.0194. The molecule has 1 aromatic heterocycles. The molecule has 0 saturated heterocycles. The van der Waals surface area contributed by atoms with Crippen LogP contribution < -0.4 is 0 Å². The number of hydrogen-bond acceptors (Lipinski definition) is 4. The Labute approximate surface area is 84.4 Å². The van der Waals surface area contributed by atoms with Crippen molar-refractivity contribution in [2.75, 3.05) is 19.7 Å². The number of hydrogen-bond donors (Lipinski definition) is 1. The van der Waals surface area contributed by atoms with Gasteiger partial charge in [0, 0.05) is 13.6 Å². The molecule has 0 aliphatic carbocycles. The van der Waals surface area contributed by atoms with E-state index in [1.165, 1.54) is 0 Å². The van der Waals surface area contributed by atoms with Gasteiger partial charge in [-0.25, -0.2) is 0 Å². The van der Waals surface area contributed by atoms with Crippen molar-refractivity contribution in [3.8, 4) is 0 Å². The van der Waals surface area contributed by atoms with Crippen LogP contribution in [0.15, 0.2) is 6.33 Å². The van der Waals surface area contributed by atoms with Crippen molar-refractivity contribution in [2.45, 2.75) is 19.9 Å². The Morgan fingerprint density at radius 2 is 2.29 bits per heavy atom. The number of aromatic nitrogens is 3. The predicted molar refractivity (Wildman–Crippen MR) is 53.7 cm³/mol. The van der Waals surface area contributed by atoms with Crippen LogP contribution in [0.2, 0.25) is 0 Å². The van der Waals surface area contributed by atoms with Crippen molar-refractivity contribution >= 4 is 0 Å². The minimum Gasteiger partial charge on any atom is -0.395 e. The molecule has 0 saturated carbocycles. The van der Waals surface area contributed by atoms with Crippen molar-refractivity contribution in [2.24, 2.45) is 7.05 Å². The summed E-state index contributed by atoms with van der Waals surface area (Å²) >= 11 is 0. The third-order valence-corrected chi connectivity index (χ3v) is 2.13. The van der Waals surface area contributed by atoms with E-state index in [2.05, 4.69) is 22.0 Å². The van der Waals surface area contributed by atoms with Gasteiger partial charge in [0.05, 0.1) is 13.2 Å². The summed E-state index contributed by atoms with van der Waals surface area (Å²) in [4.78, 5) is 2.17. The lowest BCUT2D eigenvalue weighted by Crippen LogP contribution is -2.28. The minimum atomic E-state index is 0.192. The van der Waals surface area contributed by atoms with Crippen LogP contribution in [-0.4, -0.2) is 44.5 Å². The molecular formula is C9H18N4O. The molecule has 1 rings (SSSR count). The largest absolute Gasteiger partial charge is 0.395 e. The van der Waals surface area contributed by atoms with E-state index >= 15 is 0 Å². The quantitative estimate of drug-likeness (QED) is 0.700. The maximum absolute atomic E-state index is 8.88. The second-order valence-electron chi connectivity index (χ2n) is 3.36. The molecule has 5 nitrogen and oxygen atoms in total. The van der Waals surface area contributed by atoms with E-state index in [1.54, 1.807) is 6.33 Å². The molecule has 0 atom stereocenters. The van der Waals surface area contributed by atoms with Gasteiger partial charge in [0.2, 0.25) is 0 Å². The standard InChI is InChI=1S/C9H18N4O/c1-3-4-13(5-6-14)7-9-11-10-8-12(9)2/h8,14H,3-7H2,1-2H3. The summed E-state index contributed by atoms with van der Waals surface area (Å²) in [6.07, 6.45) is 2.77. The van der Waals surface area contributed by atoms with Gasteiger partial charge in [0.1, 0.15) is 12.2 Å². The molecule has 5 heteroatoms. The minimum absolute atomic E-state index is 0.192. The number of aryl methyl sites for hydroxylation is 1. The van der Waals surface area contributed by atoms with E-state index in [1.807, 2.05) is 11.6 Å². The number of aliphatic hydroxyl groups excluding tert-OH is 1. The van der Waals surface area contributed by atoms with Crippen molar-refractivity contribution in [3.05, 3.63) is 12.2 Å². The van der Waals surface area contributed by atoms with Crippen molar-refractivity contribution in [1.82, 2.24) is 19.7 Å². The Balaban J connectivity index is 2.50. The lowest BCUT2D eigenvalue weighted by atomic mass is 10.4. The van der Waals surface area contributed by atoms with Crippen LogP contribution in [-0.2, 0) is 13.6 Å². The smallest absolute Gasteiger partial charge is 0.146 e. The van der Waals surface area contributed by atoms with Gasteiger partial charge in [-0.15, -0.1) is 10.2 Å². The summed E-state index contributed by atoms with van der Waals surface area (Å²) in [5.41, 5.74) is 0. The fourth-order valence-electron chi connectivity index (χ4n) is 1.38. The first-order valence-electron chi connectivity index (χ1n) is 4.94. The van der Waals surface area contributed by atoms with Crippen LogP contribution in [0.3, 0.4) is 0 Å². The monoisotopic (exact) mass is 198 g/mol. The Bertz CT molecular complexity index is 255. The molecule has 1 aromatic rings. The van der Waals surface area contributed by atoms with E-state index in [-0.39, 0.29) is 6.61 Å². The second kappa shape index (κ2) is 5.72. The molecule has 0 spiro atoms. The fourth-order valence-corrected chi connectivity index (χ4v) is 1.38. The number of nitrogens with zero attached hydrogens (tertiary/aromatic N) is 4. The summed E-state index contributed by atoms with van der Waals surface area (Å²) < 4.78 is 1.90. The zero-order valence-corrected chi connectivity index (χ0v) is 8.85. The van der Waals surface area contributed by atoms with Gasteiger partial charge in [-0.2, -0.15) is 0 Å². The van der Waals surface area contributed by atoms with Gasteiger partial charge in [0.25, 0.3) is 0 Å². The van der Waals surface area contributed by atoms with Crippen LogP contribution in [0.4, 0.5) is 0 Å². The highest BCUT2D eigenvalue weighted by Crippen LogP contribution is 2.00. The van der Waals surface area contributed by atoms with Gasteiger partial charge in [-0.3, -0.25) is 4.90 Å². The normalized spacial score (nSPS) is 11.1. The third-order valence-electron chi connectivity index (χ3n) is 2.13. The molecule has 0 aliphatic rings. The first-order chi connectivity index (χ1) is 6.77. The maximum Gasteiger partial charge on any atom is 0.146 e. The molecule has 1 N–H and O–H groups in total. The van der Waals surface area contributed by atoms with Gasteiger partial charge < -0.3 is 9.67 Å². The van der Waals surface area contributed by atoms with Crippen molar-refractivity contribution in [1.29, 1.82) is 0 Å². The molecule has 14 heavy (non-hydrogen) atoms. The lowest BCUT2D eigenvalue weighted by molar-refractivity contribution is 0.186. The Kier molecular flexibility index (Phi) is 4.55. The Morgan fingerprint density at radius 3 is 2.79 bits per heavy atom. The highest BCUT2D eigenvalue weighted by atomic mass is 16.3. The van der Waals surface area contributed by atoms with Crippen LogP contribution >= 0.6 is 0 Å². The molecule has 0 bridgehead atoms. The molecule has 0 aromatic carbocycles. The van der Waals surface area contributed by atoms with Gasteiger partial charge in [-0.1, -0.05) is 6.92 Å². The Morgan fingerprint density at radius 1 is 1.50 bits per heavy atom. The van der Waals surface area contributed by atoms with E-state index in [4.69, 9.17) is 5.11 Å². The first-order valence-corrected chi connectivity index (χ1v) is 4.94. The fraction of sp³-hybridized carbons (Fsp3) is 0.778. The second-order valence-corrected chi connectivity index (χ2v) is 3.36. The van der Waals surface area contributed by atoms with Crippen molar-refractivity contribution < 1.29 is 5.11 Å². The first kappa shape index (κ1) is 11.1. The van der Waals surface area contributed by atoms with Crippen molar-refractivity contribution in [3.63, 3.8) is 0 Å². The molecule has 0 fully saturated rings. The van der Waals surface area contributed by atoms with E-state index in [9.17, 15) is 0 Å². The van der Waals surface area contributed by atoms with E-state index in [0.717, 1.165) is 25.3 Å². The molecule has 1 heterocycles. The highest BCUT2D eigenvalue weighted by Gasteiger charge is 2.07. The molecule has 0 radical (unpaired) electrons. The van der Waals surface area contributed by atoms with Crippen LogP contribution in [0.5, 0.6) is 0 Å². The van der Waals surface area contributed by atoms with E-state index in [0.29, 0.717) is 6.54 Å². The molecular weight excluding hydrogens is 180 g/mol. The molecule has 0 aliphatic heterocycles. The van der Waals surface area contributed by atoms with Gasteiger partial charge in [-0.05, 0) is 13.0 Å². The van der Waals surface area contributed by atoms with Crippen LogP contribution in [0.1, 0.15) is 19.2 Å². The summed E-state index contributed by atoms with van der Waals surface area (Å²) in [6.45, 7) is 4.75. The zero-order chi connectivity index (χ0) is 10.4.